The van der Waals surface area contributed by atoms with Gasteiger partial charge in [-0.3, -0.25) is 4.79 Å². The summed E-state index contributed by atoms with van der Waals surface area (Å²) in [5.74, 6) is 6.07. The van der Waals surface area contributed by atoms with E-state index in [1.54, 1.807) is 40.0 Å². The van der Waals surface area contributed by atoms with Gasteiger partial charge >= 0.3 is 12.1 Å². The van der Waals surface area contributed by atoms with Crippen LogP contribution in [-0.4, -0.2) is 85.7 Å². The van der Waals surface area contributed by atoms with Crippen molar-refractivity contribution in [1.82, 2.24) is 9.21 Å². The molecule has 1 aliphatic rings. The molecule has 1 amide bonds. The molecular weight excluding hydrogens is 492 g/mol. The van der Waals surface area contributed by atoms with Crippen LogP contribution >= 0.6 is 11.8 Å². The highest BCUT2D eigenvalue weighted by Crippen LogP contribution is 2.38. The maximum absolute atomic E-state index is 13.3. The molecule has 0 saturated carbocycles. The van der Waals surface area contributed by atoms with E-state index in [0.717, 1.165) is 0 Å². The lowest BCUT2D eigenvalue weighted by molar-refractivity contribution is -0.146. The van der Waals surface area contributed by atoms with Crippen molar-refractivity contribution in [3.63, 3.8) is 0 Å². The van der Waals surface area contributed by atoms with Crippen LogP contribution in [0.2, 0.25) is 0 Å². The second kappa shape index (κ2) is 11.5. The summed E-state index contributed by atoms with van der Waals surface area (Å²) in [4.78, 5) is 25.8. The van der Waals surface area contributed by atoms with Crippen LogP contribution in [0.25, 0.3) is 0 Å². The summed E-state index contributed by atoms with van der Waals surface area (Å²) < 4.78 is 43.0. The number of amides is 1. The third-order valence-corrected chi connectivity index (χ3v) is 8.28. The zero-order valence-corrected chi connectivity index (χ0v) is 22.9. The lowest BCUT2D eigenvalue weighted by Gasteiger charge is -2.43. The van der Waals surface area contributed by atoms with Gasteiger partial charge in [0.2, 0.25) is 10.0 Å². The summed E-state index contributed by atoms with van der Waals surface area (Å²) in [6.45, 7) is 9.50. The topological polar surface area (TPSA) is 102 Å². The van der Waals surface area contributed by atoms with Crippen molar-refractivity contribution in [2.75, 3.05) is 39.6 Å². The third kappa shape index (κ3) is 7.78. The lowest BCUT2D eigenvalue weighted by Crippen LogP contribution is -2.58. The zero-order valence-electron chi connectivity index (χ0n) is 21.3. The molecule has 1 aromatic carbocycles. The van der Waals surface area contributed by atoms with Crippen molar-refractivity contribution in [3.8, 4) is 17.6 Å². The number of benzene rings is 1. The molecule has 1 aliphatic heterocycles. The van der Waals surface area contributed by atoms with E-state index in [-0.39, 0.29) is 24.6 Å². The first kappa shape index (κ1) is 28.8. The first-order valence-corrected chi connectivity index (χ1v) is 13.5. The number of ether oxygens (including phenoxy) is 3. The predicted octanol–water partition coefficient (Wildman–Crippen LogP) is 2.99. The largest absolute Gasteiger partial charge is 0.481 e. The lowest BCUT2D eigenvalue weighted by atomic mass is 10.0. The molecule has 0 N–H and O–H groups in total. The van der Waals surface area contributed by atoms with Crippen molar-refractivity contribution in [2.24, 2.45) is 0 Å². The van der Waals surface area contributed by atoms with Crippen molar-refractivity contribution in [3.05, 3.63) is 24.3 Å². The molecule has 1 atom stereocenters. The molecule has 1 unspecified atom stereocenters. The number of methoxy groups -OCH3 is 1. The number of thioether (sulfide) groups is 1. The number of hydrogen-bond acceptors (Lipinski definition) is 8. The fourth-order valence-electron chi connectivity index (χ4n) is 3.32. The minimum absolute atomic E-state index is 0.0616. The second-order valence-corrected chi connectivity index (χ2v) is 13.1. The first-order chi connectivity index (χ1) is 16.2. The Bertz CT molecular complexity index is 1070. The summed E-state index contributed by atoms with van der Waals surface area (Å²) in [6.07, 6.45) is -0.463. The highest BCUT2D eigenvalue weighted by atomic mass is 32.2. The van der Waals surface area contributed by atoms with Gasteiger partial charge in [0.05, 0.1) is 18.6 Å². The number of rotatable bonds is 6. The SMILES string of the molecule is COC(=O)C1N(S(=O)(=O)c2ccc(OCC#CCN(C)C(=O)OC(C)(C)C)cc2)CCSC1(C)C. The summed E-state index contributed by atoms with van der Waals surface area (Å²) in [5, 5.41) is 0. The first-order valence-electron chi connectivity index (χ1n) is 11.1. The zero-order chi connectivity index (χ0) is 26.4. The highest BCUT2D eigenvalue weighted by molar-refractivity contribution is 8.00. The van der Waals surface area contributed by atoms with E-state index in [0.29, 0.717) is 11.5 Å². The van der Waals surface area contributed by atoms with Gasteiger partial charge in [0.15, 0.2) is 0 Å². The highest BCUT2D eigenvalue weighted by Gasteiger charge is 2.48. The normalized spacial score (nSPS) is 18.1. The molecular formula is C24H34N2O7S2. The van der Waals surface area contributed by atoms with Crippen LogP contribution in [0.5, 0.6) is 5.75 Å². The molecule has 35 heavy (non-hydrogen) atoms. The molecule has 1 fully saturated rings. The van der Waals surface area contributed by atoms with E-state index >= 15 is 0 Å². The van der Waals surface area contributed by atoms with Crippen molar-refractivity contribution in [1.29, 1.82) is 0 Å². The minimum Gasteiger partial charge on any atom is -0.481 e. The van der Waals surface area contributed by atoms with Crippen LogP contribution in [-0.2, 0) is 24.3 Å². The number of carbonyl (C=O) groups excluding carboxylic acids is 2. The van der Waals surface area contributed by atoms with Crippen LogP contribution in [0.15, 0.2) is 29.2 Å². The van der Waals surface area contributed by atoms with E-state index in [2.05, 4.69) is 11.8 Å². The standard InChI is InChI=1S/C24H34N2O7S2/c1-23(2,3)33-22(28)25(6)14-8-9-16-32-18-10-12-19(13-11-18)35(29,30)26-15-17-34-24(4,5)20(26)21(27)31-7/h10-13,20H,14-17H2,1-7H3. The fraction of sp³-hybridized carbons (Fsp3) is 0.583. The van der Waals surface area contributed by atoms with Crippen molar-refractivity contribution in [2.45, 2.75) is 55.9 Å². The molecule has 2 rings (SSSR count). The number of carbonyl (C=O) groups is 2. The smallest absolute Gasteiger partial charge is 0.410 e. The second-order valence-electron chi connectivity index (χ2n) is 9.44. The average Bonchev–Trinajstić information content (AvgIpc) is 2.76. The van der Waals surface area contributed by atoms with Gasteiger partial charge in [-0.15, -0.1) is 0 Å². The molecule has 1 heterocycles. The maximum atomic E-state index is 13.3. The van der Waals surface area contributed by atoms with Crippen LogP contribution in [0.3, 0.4) is 0 Å². The van der Waals surface area contributed by atoms with Crippen LogP contribution in [0.1, 0.15) is 34.6 Å². The summed E-state index contributed by atoms with van der Waals surface area (Å²) in [5.41, 5.74) is -0.578. The van der Waals surface area contributed by atoms with Gasteiger partial charge in [0, 0.05) is 24.1 Å². The maximum Gasteiger partial charge on any atom is 0.410 e. The quantitative estimate of drug-likeness (QED) is 0.412. The molecule has 0 aliphatic carbocycles. The van der Waals surface area contributed by atoms with E-state index in [1.165, 1.54) is 40.2 Å². The van der Waals surface area contributed by atoms with E-state index in [9.17, 15) is 18.0 Å². The summed E-state index contributed by atoms with van der Waals surface area (Å²) >= 11 is 1.54. The fourth-order valence-corrected chi connectivity index (χ4v) is 6.41. The van der Waals surface area contributed by atoms with Gasteiger partial charge in [-0.05, 0) is 58.9 Å². The van der Waals surface area contributed by atoms with Gasteiger partial charge in [-0.2, -0.15) is 16.1 Å². The Balaban J connectivity index is 2.01. The van der Waals surface area contributed by atoms with E-state index < -0.39 is 38.5 Å². The summed E-state index contributed by atoms with van der Waals surface area (Å²) in [6, 6.07) is 5.03. The van der Waals surface area contributed by atoms with Gasteiger partial charge in [0.25, 0.3) is 0 Å². The molecule has 0 radical (unpaired) electrons. The average molecular weight is 527 g/mol. The van der Waals surface area contributed by atoms with Crippen LogP contribution < -0.4 is 4.74 Å². The van der Waals surface area contributed by atoms with Crippen LogP contribution in [0.4, 0.5) is 4.79 Å². The number of nitrogens with zero attached hydrogens (tertiary/aromatic N) is 2. The van der Waals surface area contributed by atoms with Gasteiger partial charge in [0.1, 0.15) is 24.0 Å². The number of sulfonamides is 1. The molecule has 1 saturated heterocycles. The Labute approximate surface area is 212 Å². The minimum atomic E-state index is -3.93. The molecule has 1 aromatic rings. The Morgan fingerprint density at radius 2 is 1.83 bits per heavy atom. The van der Waals surface area contributed by atoms with E-state index in [1.807, 2.05) is 13.8 Å². The Hall–Kier alpha value is -2.42. The van der Waals surface area contributed by atoms with Crippen molar-refractivity contribution >= 4 is 33.8 Å². The molecule has 9 nitrogen and oxygen atoms in total. The van der Waals surface area contributed by atoms with Crippen LogP contribution in [0, 0.1) is 11.8 Å². The van der Waals surface area contributed by atoms with Gasteiger partial charge in [-0.25, -0.2) is 13.2 Å². The van der Waals surface area contributed by atoms with E-state index in [4.69, 9.17) is 14.2 Å². The Morgan fingerprint density at radius 1 is 1.20 bits per heavy atom. The Morgan fingerprint density at radius 3 is 2.40 bits per heavy atom. The molecule has 11 heteroatoms. The molecule has 0 bridgehead atoms. The number of hydrogen-bond donors (Lipinski definition) is 0. The molecule has 0 spiro atoms. The molecule has 194 valence electrons. The monoisotopic (exact) mass is 526 g/mol. The summed E-state index contributed by atoms with van der Waals surface area (Å²) in [7, 11) is -1.08. The van der Waals surface area contributed by atoms with Gasteiger partial charge in [-0.1, -0.05) is 11.8 Å². The predicted molar refractivity (Wildman–Crippen MR) is 135 cm³/mol. The Kier molecular flexibility index (Phi) is 9.50. The van der Waals surface area contributed by atoms with Crippen molar-refractivity contribution < 1.29 is 32.2 Å². The third-order valence-electron chi connectivity index (χ3n) is 5.04. The number of esters is 1. The molecule has 0 aromatic heterocycles. The van der Waals surface area contributed by atoms with Gasteiger partial charge < -0.3 is 19.1 Å².